The summed E-state index contributed by atoms with van der Waals surface area (Å²) < 4.78 is 35.7. The van der Waals surface area contributed by atoms with Crippen molar-refractivity contribution in [1.82, 2.24) is 4.98 Å². The first kappa shape index (κ1) is 9.03. The zero-order chi connectivity index (χ0) is 8.97. The molecule has 0 spiro atoms. The topological polar surface area (TPSA) is 12.9 Å². The first-order chi connectivity index (χ1) is 5.68. The molecule has 4 heteroatoms. The maximum absolute atomic E-state index is 12.3. The molecular formula is C8H8F3N. The molecule has 1 nitrogen and oxygen atoms in total. The maximum Gasteiger partial charge on any atom is 0.239 e. The van der Waals surface area contributed by atoms with Crippen LogP contribution in [0.3, 0.4) is 0 Å². The van der Waals surface area contributed by atoms with Gasteiger partial charge in [0.05, 0.1) is 6.20 Å². The zero-order valence-electron chi connectivity index (χ0n) is 6.30. The Morgan fingerprint density at radius 1 is 1.33 bits per heavy atom. The summed E-state index contributed by atoms with van der Waals surface area (Å²) in [6.07, 6.45) is -1.32. The van der Waals surface area contributed by atoms with Crippen LogP contribution in [0.4, 0.5) is 13.2 Å². The van der Waals surface area contributed by atoms with Gasteiger partial charge in [-0.2, -0.15) is 0 Å². The molecule has 0 atom stereocenters. The number of hydrogen-bond acceptors (Lipinski definition) is 1. The van der Waals surface area contributed by atoms with Crippen molar-refractivity contribution < 1.29 is 13.2 Å². The summed E-state index contributed by atoms with van der Waals surface area (Å²) in [7, 11) is 0. The Balaban J connectivity index is 2.48. The van der Waals surface area contributed by atoms with E-state index in [2.05, 4.69) is 4.98 Å². The van der Waals surface area contributed by atoms with Crippen LogP contribution in [0.25, 0.3) is 0 Å². The molecule has 0 aliphatic heterocycles. The summed E-state index contributed by atoms with van der Waals surface area (Å²) in [6.45, 7) is 0. The summed E-state index contributed by atoms with van der Waals surface area (Å²) >= 11 is 0. The van der Waals surface area contributed by atoms with Crippen LogP contribution in [0, 0.1) is 5.82 Å². The maximum atomic E-state index is 12.3. The zero-order valence-corrected chi connectivity index (χ0v) is 6.30. The van der Waals surface area contributed by atoms with Crippen LogP contribution in [-0.4, -0.2) is 11.4 Å². The molecular weight excluding hydrogens is 167 g/mol. The van der Waals surface area contributed by atoms with Crippen LogP contribution in [0.2, 0.25) is 0 Å². The van der Waals surface area contributed by atoms with Gasteiger partial charge in [-0.1, -0.05) is 0 Å². The Bertz CT molecular complexity index is 233. The fourth-order valence-corrected chi connectivity index (χ4v) is 0.811. The van der Waals surface area contributed by atoms with Gasteiger partial charge in [-0.05, 0) is 18.6 Å². The summed E-state index contributed by atoms with van der Waals surface area (Å²) in [6, 6.07) is 2.63. The number of rotatable bonds is 3. The Labute approximate surface area is 68.2 Å². The van der Waals surface area contributed by atoms with Crippen molar-refractivity contribution in [3.63, 3.8) is 0 Å². The molecule has 0 aliphatic rings. The third-order valence-corrected chi connectivity index (χ3v) is 1.41. The first-order valence-electron chi connectivity index (χ1n) is 3.57. The molecule has 1 aromatic rings. The van der Waals surface area contributed by atoms with Gasteiger partial charge in [0.15, 0.2) is 0 Å². The lowest BCUT2D eigenvalue weighted by atomic mass is 10.2. The average molecular weight is 175 g/mol. The number of nitrogens with zero attached hydrogens (tertiary/aromatic N) is 1. The number of aryl methyl sites for hydroxylation is 1. The smallest absolute Gasteiger partial charge is 0.239 e. The fourth-order valence-electron chi connectivity index (χ4n) is 0.811. The van der Waals surface area contributed by atoms with E-state index in [9.17, 15) is 13.2 Å². The molecule has 0 saturated carbocycles. The van der Waals surface area contributed by atoms with Gasteiger partial charge in [0.25, 0.3) is 0 Å². The SMILES string of the molecule is Fc1ccc(CCC(F)F)nc1. The van der Waals surface area contributed by atoms with Crippen molar-refractivity contribution in [3.05, 3.63) is 29.8 Å². The molecule has 1 aromatic heterocycles. The molecule has 0 radical (unpaired) electrons. The first-order valence-corrected chi connectivity index (χ1v) is 3.57. The Morgan fingerprint density at radius 3 is 2.58 bits per heavy atom. The highest BCUT2D eigenvalue weighted by Crippen LogP contribution is 2.06. The Hall–Kier alpha value is -1.06. The molecule has 0 aliphatic carbocycles. The molecule has 0 aromatic carbocycles. The largest absolute Gasteiger partial charge is 0.258 e. The highest BCUT2D eigenvalue weighted by atomic mass is 19.3. The second-order valence-electron chi connectivity index (χ2n) is 2.40. The van der Waals surface area contributed by atoms with Gasteiger partial charge < -0.3 is 0 Å². The third kappa shape index (κ3) is 2.90. The lowest BCUT2D eigenvalue weighted by molar-refractivity contribution is 0.137. The summed E-state index contributed by atoms with van der Waals surface area (Å²) in [5.74, 6) is -0.448. The molecule has 0 saturated heterocycles. The molecule has 0 N–H and O–H groups in total. The molecule has 0 fully saturated rings. The van der Waals surface area contributed by atoms with Crippen LogP contribution in [0.1, 0.15) is 12.1 Å². The molecule has 1 rings (SSSR count). The predicted octanol–water partition coefficient (Wildman–Crippen LogP) is 2.42. The van der Waals surface area contributed by atoms with Crippen molar-refractivity contribution in [2.45, 2.75) is 19.3 Å². The van der Waals surface area contributed by atoms with Gasteiger partial charge in [0.1, 0.15) is 5.82 Å². The minimum atomic E-state index is -2.32. The standard InChI is InChI=1S/C8H8F3N/c9-6-1-2-7(12-5-6)3-4-8(10)11/h1-2,5,8H,3-4H2. The van der Waals surface area contributed by atoms with E-state index in [1.54, 1.807) is 0 Å². The average Bonchev–Trinajstić information content (AvgIpc) is 2.03. The van der Waals surface area contributed by atoms with E-state index in [0.29, 0.717) is 5.69 Å². The van der Waals surface area contributed by atoms with Crippen molar-refractivity contribution in [2.24, 2.45) is 0 Å². The summed E-state index contributed by atoms with van der Waals surface area (Å²) in [4.78, 5) is 3.64. The van der Waals surface area contributed by atoms with Crippen LogP contribution in [-0.2, 0) is 6.42 Å². The second kappa shape index (κ2) is 4.09. The quantitative estimate of drug-likeness (QED) is 0.687. The van der Waals surface area contributed by atoms with Gasteiger partial charge in [-0.25, -0.2) is 13.2 Å². The van der Waals surface area contributed by atoms with Crippen molar-refractivity contribution >= 4 is 0 Å². The van der Waals surface area contributed by atoms with Crippen molar-refractivity contribution in [2.75, 3.05) is 0 Å². The molecule has 0 unspecified atom stereocenters. The van der Waals surface area contributed by atoms with Crippen molar-refractivity contribution in [1.29, 1.82) is 0 Å². The number of halogens is 3. The van der Waals surface area contributed by atoms with Gasteiger partial charge in [0, 0.05) is 12.1 Å². The number of alkyl halides is 2. The second-order valence-corrected chi connectivity index (χ2v) is 2.40. The number of hydrogen-bond donors (Lipinski definition) is 0. The van der Waals surface area contributed by atoms with E-state index >= 15 is 0 Å². The monoisotopic (exact) mass is 175 g/mol. The molecule has 0 amide bonds. The van der Waals surface area contributed by atoms with Crippen LogP contribution in [0.15, 0.2) is 18.3 Å². The van der Waals surface area contributed by atoms with E-state index in [1.807, 2.05) is 0 Å². The van der Waals surface area contributed by atoms with Crippen LogP contribution in [0.5, 0.6) is 0 Å². The van der Waals surface area contributed by atoms with E-state index in [0.717, 1.165) is 6.20 Å². The number of aromatic nitrogens is 1. The lowest BCUT2D eigenvalue weighted by Crippen LogP contribution is -1.96. The lowest BCUT2D eigenvalue weighted by Gasteiger charge is -1.98. The summed E-state index contributed by atoms with van der Waals surface area (Å²) in [5, 5.41) is 0. The van der Waals surface area contributed by atoms with Gasteiger partial charge in [0.2, 0.25) is 6.43 Å². The van der Waals surface area contributed by atoms with E-state index in [4.69, 9.17) is 0 Å². The van der Waals surface area contributed by atoms with Crippen molar-refractivity contribution in [3.8, 4) is 0 Å². The third-order valence-electron chi connectivity index (χ3n) is 1.41. The van der Waals surface area contributed by atoms with E-state index < -0.39 is 12.2 Å². The van der Waals surface area contributed by atoms with Crippen LogP contribution >= 0.6 is 0 Å². The van der Waals surface area contributed by atoms with Gasteiger partial charge >= 0.3 is 0 Å². The van der Waals surface area contributed by atoms with Gasteiger partial charge in [-0.3, -0.25) is 4.98 Å². The molecule has 66 valence electrons. The minimum Gasteiger partial charge on any atom is -0.258 e. The van der Waals surface area contributed by atoms with Crippen LogP contribution < -0.4 is 0 Å². The Morgan fingerprint density at radius 2 is 2.08 bits per heavy atom. The summed E-state index contributed by atoms with van der Waals surface area (Å²) in [5.41, 5.74) is 0.497. The fraction of sp³-hybridized carbons (Fsp3) is 0.375. The molecule has 12 heavy (non-hydrogen) atoms. The normalized spacial score (nSPS) is 10.7. The minimum absolute atomic E-state index is 0.192. The van der Waals surface area contributed by atoms with E-state index in [-0.39, 0.29) is 12.8 Å². The van der Waals surface area contributed by atoms with E-state index in [1.165, 1.54) is 12.1 Å². The molecule has 0 bridgehead atoms. The highest BCUT2D eigenvalue weighted by Gasteiger charge is 2.03. The Kier molecular flexibility index (Phi) is 3.08. The van der Waals surface area contributed by atoms with Gasteiger partial charge in [-0.15, -0.1) is 0 Å². The molecule has 1 heterocycles. The predicted molar refractivity (Wildman–Crippen MR) is 38.5 cm³/mol. The number of pyridine rings is 1. The highest BCUT2D eigenvalue weighted by molar-refractivity contribution is 5.05.